The van der Waals surface area contributed by atoms with E-state index in [0.29, 0.717) is 29.7 Å². The maximum Gasteiger partial charge on any atom is 0.203 e. The third-order valence-corrected chi connectivity index (χ3v) is 3.44. The summed E-state index contributed by atoms with van der Waals surface area (Å²) in [7, 11) is 6.41. The van der Waals surface area contributed by atoms with E-state index in [9.17, 15) is 0 Å². The fourth-order valence-electron chi connectivity index (χ4n) is 2.26. The monoisotopic (exact) mass is 348 g/mol. The van der Waals surface area contributed by atoms with E-state index in [1.165, 1.54) is 6.33 Å². The third kappa shape index (κ3) is 5.12. The molecule has 0 aliphatic heterocycles. The van der Waals surface area contributed by atoms with E-state index in [0.717, 1.165) is 24.5 Å². The zero-order valence-corrected chi connectivity index (χ0v) is 15.0. The SMILES string of the molecule is COCCCNc1cc(Nc2cc(OC)c(OC)c(OC)c2)ncn1. The lowest BCUT2D eigenvalue weighted by atomic mass is 10.2. The highest BCUT2D eigenvalue weighted by atomic mass is 16.5. The summed E-state index contributed by atoms with van der Waals surface area (Å²) in [5.74, 6) is 3.06. The molecule has 2 aromatic rings. The minimum Gasteiger partial charge on any atom is -0.493 e. The Morgan fingerprint density at radius 2 is 1.56 bits per heavy atom. The highest BCUT2D eigenvalue weighted by Crippen LogP contribution is 2.40. The molecule has 0 fully saturated rings. The van der Waals surface area contributed by atoms with Crippen LogP contribution >= 0.6 is 0 Å². The van der Waals surface area contributed by atoms with Crippen LogP contribution in [-0.4, -0.2) is 51.6 Å². The molecule has 136 valence electrons. The summed E-state index contributed by atoms with van der Waals surface area (Å²) in [6, 6.07) is 5.46. The van der Waals surface area contributed by atoms with Crippen LogP contribution in [0, 0.1) is 0 Å². The van der Waals surface area contributed by atoms with Crippen molar-refractivity contribution >= 4 is 17.3 Å². The molecule has 0 aliphatic carbocycles. The summed E-state index contributed by atoms with van der Waals surface area (Å²) >= 11 is 0. The number of aromatic nitrogens is 2. The molecule has 0 atom stereocenters. The van der Waals surface area contributed by atoms with E-state index in [1.807, 2.05) is 18.2 Å². The Morgan fingerprint density at radius 3 is 2.16 bits per heavy atom. The Kier molecular flexibility index (Phi) is 7.09. The van der Waals surface area contributed by atoms with Crippen molar-refractivity contribution in [1.82, 2.24) is 9.97 Å². The zero-order chi connectivity index (χ0) is 18.1. The number of anilines is 3. The molecular formula is C17H24N4O4. The first-order chi connectivity index (χ1) is 12.2. The van der Waals surface area contributed by atoms with Crippen LogP contribution in [0.15, 0.2) is 24.5 Å². The van der Waals surface area contributed by atoms with Crippen LogP contribution in [0.1, 0.15) is 6.42 Å². The van der Waals surface area contributed by atoms with Gasteiger partial charge in [-0.1, -0.05) is 0 Å². The molecule has 8 nitrogen and oxygen atoms in total. The van der Waals surface area contributed by atoms with Gasteiger partial charge in [-0.2, -0.15) is 0 Å². The van der Waals surface area contributed by atoms with E-state index in [-0.39, 0.29) is 0 Å². The summed E-state index contributed by atoms with van der Waals surface area (Å²) in [6.07, 6.45) is 2.40. The van der Waals surface area contributed by atoms with E-state index in [2.05, 4.69) is 20.6 Å². The fourth-order valence-corrected chi connectivity index (χ4v) is 2.26. The molecule has 1 aromatic heterocycles. The molecule has 0 saturated carbocycles. The Morgan fingerprint density at radius 1 is 0.880 bits per heavy atom. The maximum absolute atomic E-state index is 5.35. The number of rotatable bonds is 10. The van der Waals surface area contributed by atoms with Crippen LogP contribution in [0.3, 0.4) is 0 Å². The molecule has 2 rings (SSSR count). The molecule has 0 amide bonds. The first-order valence-corrected chi connectivity index (χ1v) is 7.83. The van der Waals surface area contributed by atoms with Gasteiger partial charge in [0.2, 0.25) is 5.75 Å². The highest BCUT2D eigenvalue weighted by Gasteiger charge is 2.13. The van der Waals surface area contributed by atoms with Crippen LogP contribution in [-0.2, 0) is 4.74 Å². The number of nitrogens with one attached hydrogen (secondary N) is 2. The van der Waals surface area contributed by atoms with Gasteiger partial charge in [0.15, 0.2) is 11.5 Å². The first kappa shape index (κ1) is 18.6. The van der Waals surface area contributed by atoms with Gasteiger partial charge in [-0.3, -0.25) is 0 Å². The largest absolute Gasteiger partial charge is 0.493 e. The van der Waals surface area contributed by atoms with Crippen molar-refractivity contribution in [3.05, 3.63) is 24.5 Å². The quantitative estimate of drug-likeness (QED) is 0.634. The zero-order valence-electron chi connectivity index (χ0n) is 15.0. The van der Waals surface area contributed by atoms with Crippen LogP contribution < -0.4 is 24.8 Å². The topological polar surface area (TPSA) is 86.8 Å². The van der Waals surface area contributed by atoms with Crippen LogP contribution in [0.4, 0.5) is 17.3 Å². The second-order valence-corrected chi connectivity index (χ2v) is 5.10. The molecule has 1 aromatic carbocycles. The minimum absolute atomic E-state index is 0.540. The number of benzene rings is 1. The van der Waals surface area contributed by atoms with Crippen molar-refractivity contribution in [2.75, 3.05) is 52.2 Å². The average molecular weight is 348 g/mol. The van der Waals surface area contributed by atoms with Gasteiger partial charge in [-0.25, -0.2) is 9.97 Å². The standard InChI is InChI=1S/C17H24N4O4/c1-22-7-5-6-18-15-10-16(20-11-19-15)21-12-8-13(23-2)17(25-4)14(9-12)24-3/h8-11H,5-7H2,1-4H3,(H2,18,19,20,21). The second kappa shape index (κ2) is 9.53. The lowest BCUT2D eigenvalue weighted by molar-refractivity contribution is 0.198. The van der Waals surface area contributed by atoms with Crippen LogP contribution in [0.5, 0.6) is 17.2 Å². The van der Waals surface area contributed by atoms with Gasteiger partial charge >= 0.3 is 0 Å². The van der Waals surface area contributed by atoms with Crippen molar-refractivity contribution in [2.45, 2.75) is 6.42 Å². The first-order valence-electron chi connectivity index (χ1n) is 7.83. The van der Waals surface area contributed by atoms with Crippen LogP contribution in [0.25, 0.3) is 0 Å². The number of hydrogen-bond donors (Lipinski definition) is 2. The molecular weight excluding hydrogens is 324 g/mol. The Bertz CT molecular complexity index is 656. The smallest absolute Gasteiger partial charge is 0.203 e. The van der Waals surface area contributed by atoms with Crippen molar-refractivity contribution in [3.63, 3.8) is 0 Å². The molecule has 8 heteroatoms. The highest BCUT2D eigenvalue weighted by molar-refractivity contribution is 5.67. The molecule has 0 radical (unpaired) electrons. The number of ether oxygens (including phenoxy) is 4. The summed E-state index contributed by atoms with van der Waals surface area (Å²) < 4.78 is 21.1. The van der Waals surface area contributed by atoms with E-state index in [4.69, 9.17) is 18.9 Å². The molecule has 0 aliphatic rings. The molecule has 2 N–H and O–H groups in total. The average Bonchev–Trinajstić information content (AvgIpc) is 2.64. The van der Waals surface area contributed by atoms with Gasteiger partial charge in [-0.15, -0.1) is 0 Å². The number of hydrogen-bond acceptors (Lipinski definition) is 8. The lowest BCUT2D eigenvalue weighted by Gasteiger charge is -2.15. The number of methoxy groups -OCH3 is 4. The van der Waals surface area contributed by atoms with Gasteiger partial charge in [0.25, 0.3) is 0 Å². The molecule has 1 heterocycles. The van der Waals surface area contributed by atoms with E-state index < -0.39 is 0 Å². The minimum atomic E-state index is 0.540. The van der Waals surface area contributed by atoms with Gasteiger partial charge in [0.1, 0.15) is 18.0 Å². The molecule has 0 spiro atoms. The molecule has 0 saturated heterocycles. The summed E-state index contributed by atoms with van der Waals surface area (Å²) in [4.78, 5) is 8.43. The Labute approximate surface area is 147 Å². The van der Waals surface area contributed by atoms with Gasteiger partial charge < -0.3 is 29.6 Å². The number of nitrogens with zero attached hydrogens (tertiary/aromatic N) is 2. The Hall–Kier alpha value is -2.74. The van der Waals surface area contributed by atoms with Gasteiger partial charge in [0, 0.05) is 44.1 Å². The maximum atomic E-state index is 5.35. The van der Waals surface area contributed by atoms with E-state index >= 15 is 0 Å². The summed E-state index contributed by atoms with van der Waals surface area (Å²) in [6.45, 7) is 1.48. The van der Waals surface area contributed by atoms with Crippen molar-refractivity contribution in [2.24, 2.45) is 0 Å². The molecule has 0 unspecified atom stereocenters. The summed E-state index contributed by atoms with van der Waals surface area (Å²) in [5, 5.41) is 6.44. The van der Waals surface area contributed by atoms with Gasteiger partial charge in [-0.05, 0) is 6.42 Å². The predicted octanol–water partition coefficient (Wildman–Crippen LogP) is 2.69. The Balaban J connectivity index is 2.13. The fraction of sp³-hybridized carbons (Fsp3) is 0.412. The predicted molar refractivity (Wildman–Crippen MR) is 96.4 cm³/mol. The van der Waals surface area contributed by atoms with Crippen molar-refractivity contribution in [1.29, 1.82) is 0 Å². The molecule has 25 heavy (non-hydrogen) atoms. The van der Waals surface area contributed by atoms with Crippen LogP contribution in [0.2, 0.25) is 0 Å². The summed E-state index contributed by atoms with van der Waals surface area (Å²) in [5.41, 5.74) is 0.763. The van der Waals surface area contributed by atoms with E-state index in [1.54, 1.807) is 28.4 Å². The molecule has 0 bridgehead atoms. The third-order valence-electron chi connectivity index (χ3n) is 3.44. The normalized spacial score (nSPS) is 10.2. The van der Waals surface area contributed by atoms with Crippen molar-refractivity contribution in [3.8, 4) is 17.2 Å². The van der Waals surface area contributed by atoms with Crippen molar-refractivity contribution < 1.29 is 18.9 Å². The lowest BCUT2D eigenvalue weighted by Crippen LogP contribution is -2.07. The second-order valence-electron chi connectivity index (χ2n) is 5.10. The van der Waals surface area contributed by atoms with Gasteiger partial charge in [0.05, 0.1) is 21.3 Å².